The Hall–Kier alpha value is -6.38. The SMILES string of the molecule is c1ccc(-n2c3ccccc3c3ccc(N(c4ccc(-c5ccc6[se]c7ccccc7c6c5)cc4)c4cc5ccccc5c5ccccc45)cc32)cc1. The molecule has 0 N–H and O–H groups in total. The van der Waals surface area contributed by atoms with Crippen molar-refractivity contribution in [2.45, 2.75) is 0 Å². The first-order chi connectivity index (χ1) is 26.3. The molecule has 2 heterocycles. The average Bonchev–Trinajstić information content (AvgIpc) is 3.77. The summed E-state index contributed by atoms with van der Waals surface area (Å²) in [6.07, 6.45) is 0. The van der Waals surface area contributed by atoms with Crippen LogP contribution < -0.4 is 4.90 Å². The van der Waals surface area contributed by atoms with Crippen molar-refractivity contribution in [3.05, 3.63) is 194 Å². The van der Waals surface area contributed by atoms with Gasteiger partial charge >= 0.3 is 186 Å². The molecule has 0 aliphatic rings. The quantitative estimate of drug-likeness (QED) is 0.126. The molecule has 0 bridgehead atoms. The maximum absolute atomic E-state index is 2.45. The molecular formula is C50H32N2Se. The number of hydrogen-bond donors (Lipinski definition) is 0. The van der Waals surface area contributed by atoms with E-state index in [-0.39, 0.29) is 0 Å². The fraction of sp³-hybridized carbons (Fsp3) is 0. The van der Waals surface area contributed by atoms with Gasteiger partial charge in [0.2, 0.25) is 0 Å². The van der Waals surface area contributed by atoms with Crippen LogP contribution >= 0.6 is 0 Å². The summed E-state index contributed by atoms with van der Waals surface area (Å²) < 4.78 is 5.35. The number of fused-ring (bicyclic) bond motifs is 9. The molecular weight excluding hydrogens is 708 g/mol. The third kappa shape index (κ3) is 4.86. The van der Waals surface area contributed by atoms with Crippen LogP contribution in [0.5, 0.6) is 0 Å². The zero-order chi connectivity index (χ0) is 34.9. The summed E-state index contributed by atoms with van der Waals surface area (Å²) in [5.41, 5.74) is 9.40. The first-order valence-electron chi connectivity index (χ1n) is 18.1. The monoisotopic (exact) mass is 740 g/mol. The van der Waals surface area contributed by atoms with Crippen LogP contribution in [-0.2, 0) is 0 Å². The van der Waals surface area contributed by atoms with Gasteiger partial charge < -0.3 is 4.57 Å². The topological polar surface area (TPSA) is 8.17 Å². The Bertz CT molecular complexity index is 3170. The van der Waals surface area contributed by atoms with Crippen LogP contribution in [0.4, 0.5) is 17.1 Å². The van der Waals surface area contributed by atoms with E-state index in [0.29, 0.717) is 14.5 Å². The van der Waals surface area contributed by atoms with Gasteiger partial charge in [0, 0.05) is 16.5 Å². The molecule has 0 spiro atoms. The minimum atomic E-state index is 0.366. The normalized spacial score (nSPS) is 11.8. The van der Waals surface area contributed by atoms with Gasteiger partial charge in [0.25, 0.3) is 0 Å². The van der Waals surface area contributed by atoms with Crippen molar-refractivity contribution >= 4 is 94.2 Å². The van der Waals surface area contributed by atoms with E-state index < -0.39 is 0 Å². The summed E-state index contributed by atoms with van der Waals surface area (Å²) in [4.78, 5) is 2.45. The zero-order valence-electron chi connectivity index (χ0n) is 28.8. The van der Waals surface area contributed by atoms with E-state index in [1.54, 1.807) is 0 Å². The van der Waals surface area contributed by atoms with Gasteiger partial charge in [0.15, 0.2) is 0 Å². The van der Waals surface area contributed by atoms with Crippen LogP contribution in [0.3, 0.4) is 0 Å². The summed E-state index contributed by atoms with van der Waals surface area (Å²) in [5, 5.41) is 10.2. The van der Waals surface area contributed by atoms with Gasteiger partial charge in [-0.05, 0) is 23.6 Å². The Kier molecular flexibility index (Phi) is 6.91. The molecule has 11 aromatic rings. The number of rotatable bonds is 5. The van der Waals surface area contributed by atoms with Gasteiger partial charge in [-0.2, -0.15) is 0 Å². The number of benzene rings is 9. The molecule has 0 fully saturated rings. The van der Waals surface area contributed by atoms with E-state index in [4.69, 9.17) is 0 Å². The van der Waals surface area contributed by atoms with E-state index in [1.165, 1.54) is 73.8 Å². The Morgan fingerprint density at radius 1 is 0.358 bits per heavy atom. The van der Waals surface area contributed by atoms with E-state index in [9.17, 15) is 0 Å². The Balaban J connectivity index is 1.14. The number of para-hydroxylation sites is 2. The van der Waals surface area contributed by atoms with Crippen molar-refractivity contribution in [1.82, 2.24) is 4.57 Å². The number of hydrogen-bond acceptors (Lipinski definition) is 1. The molecule has 53 heavy (non-hydrogen) atoms. The fourth-order valence-corrected chi connectivity index (χ4v) is 10.6. The predicted molar refractivity (Wildman–Crippen MR) is 228 cm³/mol. The van der Waals surface area contributed by atoms with Crippen LogP contribution in [0, 0.1) is 0 Å². The Morgan fingerprint density at radius 2 is 0.981 bits per heavy atom. The average molecular weight is 740 g/mol. The van der Waals surface area contributed by atoms with Crippen molar-refractivity contribution < 1.29 is 0 Å². The van der Waals surface area contributed by atoms with Gasteiger partial charge in [-0.25, -0.2) is 0 Å². The molecule has 0 aliphatic carbocycles. The van der Waals surface area contributed by atoms with Crippen LogP contribution in [0.1, 0.15) is 0 Å². The van der Waals surface area contributed by atoms with Crippen molar-refractivity contribution in [3.63, 3.8) is 0 Å². The molecule has 9 aromatic carbocycles. The minimum Gasteiger partial charge on any atom is -0.0602 e. The number of nitrogens with zero attached hydrogens (tertiary/aromatic N) is 2. The van der Waals surface area contributed by atoms with Gasteiger partial charge in [-0.1, -0.05) is 78.9 Å². The van der Waals surface area contributed by atoms with Gasteiger partial charge in [0.1, 0.15) is 0 Å². The molecule has 0 atom stereocenters. The molecule has 3 heteroatoms. The Morgan fingerprint density at radius 3 is 1.83 bits per heavy atom. The molecule has 11 rings (SSSR count). The van der Waals surface area contributed by atoms with Crippen LogP contribution in [0.25, 0.3) is 79.5 Å². The fourth-order valence-electron chi connectivity index (χ4n) is 8.31. The van der Waals surface area contributed by atoms with Crippen molar-refractivity contribution in [2.24, 2.45) is 0 Å². The standard InChI is InChI=1S/C50H32N2Se/c1-2-13-36(14-3-1)52-46-20-10-8-18-42(46)43-28-27-38(32-48(43)52)51(47-31-35-12-4-5-15-39(35)40-16-6-7-17-41(40)47)37-25-22-33(23-26-37)34-24-29-50-45(30-34)44-19-9-11-21-49(44)53-50/h1-32H. The molecule has 0 unspecified atom stereocenters. The molecule has 0 saturated heterocycles. The first kappa shape index (κ1) is 30.3. The smallest absolute Gasteiger partial charge is 0.0602 e. The molecule has 2 aromatic heterocycles. The zero-order valence-corrected chi connectivity index (χ0v) is 30.5. The molecule has 0 aliphatic heterocycles. The second kappa shape index (κ2) is 12.1. The molecule has 248 valence electrons. The number of anilines is 3. The molecule has 0 radical (unpaired) electrons. The van der Waals surface area contributed by atoms with Crippen molar-refractivity contribution in [1.29, 1.82) is 0 Å². The summed E-state index contributed by atoms with van der Waals surface area (Å²) >= 11 is 0.366. The van der Waals surface area contributed by atoms with Gasteiger partial charge in [-0.3, -0.25) is 0 Å². The number of aromatic nitrogens is 1. The summed E-state index contributed by atoms with van der Waals surface area (Å²) in [5.74, 6) is 0. The second-order valence-electron chi connectivity index (χ2n) is 13.7. The minimum absolute atomic E-state index is 0.366. The van der Waals surface area contributed by atoms with Crippen molar-refractivity contribution in [3.8, 4) is 16.8 Å². The van der Waals surface area contributed by atoms with E-state index in [1.807, 2.05) is 0 Å². The molecule has 2 nitrogen and oxygen atoms in total. The summed E-state index contributed by atoms with van der Waals surface area (Å²) in [6.45, 7) is 0. The van der Waals surface area contributed by atoms with Gasteiger partial charge in [-0.15, -0.1) is 0 Å². The van der Waals surface area contributed by atoms with Crippen LogP contribution in [-0.4, -0.2) is 19.1 Å². The van der Waals surface area contributed by atoms with E-state index >= 15 is 0 Å². The predicted octanol–water partition coefficient (Wildman–Crippen LogP) is 13.6. The first-order valence-corrected chi connectivity index (χ1v) is 19.8. The Labute approximate surface area is 313 Å². The third-order valence-corrected chi connectivity index (χ3v) is 13.2. The van der Waals surface area contributed by atoms with E-state index in [2.05, 4.69) is 204 Å². The summed E-state index contributed by atoms with van der Waals surface area (Å²) in [6, 6.07) is 71.5. The second-order valence-corrected chi connectivity index (χ2v) is 16.0. The molecule has 0 amide bonds. The van der Waals surface area contributed by atoms with Crippen LogP contribution in [0.15, 0.2) is 194 Å². The van der Waals surface area contributed by atoms with Crippen molar-refractivity contribution in [2.75, 3.05) is 4.90 Å². The van der Waals surface area contributed by atoms with Crippen LogP contribution in [0.2, 0.25) is 0 Å². The van der Waals surface area contributed by atoms with Gasteiger partial charge in [0.05, 0.1) is 5.52 Å². The third-order valence-electron chi connectivity index (χ3n) is 10.8. The van der Waals surface area contributed by atoms with E-state index in [0.717, 1.165) is 22.7 Å². The maximum atomic E-state index is 2.45. The molecule has 0 saturated carbocycles. The summed E-state index contributed by atoms with van der Waals surface area (Å²) in [7, 11) is 0.